The summed E-state index contributed by atoms with van der Waals surface area (Å²) in [7, 11) is 0. The molecule has 2 N–H and O–H groups in total. The Bertz CT molecular complexity index is 320. The maximum atomic E-state index is 5.51. The maximum absolute atomic E-state index is 5.51. The zero-order valence-electron chi connectivity index (χ0n) is 13.9. The van der Waals surface area contributed by atoms with Crippen molar-refractivity contribution in [2.24, 2.45) is 10.4 Å². The molecule has 2 rings (SSSR count). The first-order chi connectivity index (χ1) is 10.3. The molecule has 0 atom stereocenters. The van der Waals surface area contributed by atoms with Gasteiger partial charge in [0.15, 0.2) is 5.96 Å². The molecule has 122 valence electrons. The maximum Gasteiger partial charge on any atom is 0.191 e. The van der Waals surface area contributed by atoms with Gasteiger partial charge in [0.2, 0.25) is 0 Å². The molecule has 4 heteroatoms. The Morgan fingerprint density at radius 2 is 1.95 bits per heavy atom. The minimum Gasteiger partial charge on any atom is -0.382 e. The Balaban J connectivity index is 1.79. The minimum absolute atomic E-state index is 0.435. The standard InChI is InChI=1S/C17H33N3O/c1-3-18-16(20-15-8-6-5-7-9-15)19-14-17(10-11-17)12-13-21-4-2/h15H,3-14H2,1-2H3,(H2,18,19,20). The molecule has 0 heterocycles. The van der Waals surface area contributed by atoms with Gasteiger partial charge in [-0.25, -0.2) is 0 Å². The lowest BCUT2D eigenvalue weighted by atomic mass is 9.96. The molecule has 0 radical (unpaired) electrons. The van der Waals surface area contributed by atoms with Gasteiger partial charge in [0.05, 0.1) is 0 Å². The molecule has 2 aliphatic rings. The topological polar surface area (TPSA) is 45.7 Å². The molecule has 0 aromatic rings. The first-order valence-corrected chi connectivity index (χ1v) is 8.90. The number of hydrogen-bond acceptors (Lipinski definition) is 2. The van der Waals surface area contributed by atoms with Crippen LogP contribution in [-0.2, 0) is 4.74 Å². The van der Waals surface area contributed by atoms with Gasteiger partial charge in [0, 0.05) is 32.3 Å². The predicted octanol–water partition coefficient (Wildman–Crippen LogP) is 3.08. The summed E-state index contributed by atoms with van der Waals surface area (Å²) in [5, 5.41) is 7.04. The van der Waals surface area contributed by atoms with Crippen LogP contribution in [0.3, 0.4) is 0 Å². The number of ether oxygens (including phenoxy) is 1. The summed E-state index contributed by atoms with van der Waals surface area (Å²) in [6.07, 6.45) is 10.5. The van der Waals surface area contributed by atoms with E-state index in [-0.39, 0.29) is 0 Å². The van der Waals surface area contributed by atoms with E-state index in [1.807, 2.05) is 0 Å². The number of nitrogens with zero attached hydrogens (tertiary/aromatic N) is 1. The quantitative estimate of drug-likeness (QED) is 0.411. The molecule has 0 saturated heterocycles. The van der Waals surface area contributed by atoms with Gasteiger partial charge in [-0.3, -0.25) is 4.99 Å². The summed E-state index contributed by atoms with van der Waals surface area (Å²) in [5.41, 5.74) is 0.435. The first-order valence-electron chi connectivity index (χ1n) is 8.90. The van der Waals surface area contributed by atoms with Gasteiger partial charge < -0.3 is 15.4 Å². The predicted molar refractivity (Wildman–Crippen MR) is 88.8 cm³/mol. The highest BCUT2D eigenvalue weighted by molar-refractivity contribution is 5.80. The van der Waals surface area contributed by atoms with Crippen LogP contribution in [0.5, 0.6) is 0 Å². The highest BCUT2D eigenvalue weighted by Crippen LogP contribution is 2.49. The Morgan fingerprint density at radius 3 is 2.57 bits per heavy atom. The summed E-state index contributed by atoms with van der Waals surface area (Å²) in [4.78, 5) is 4.86. The van der Waals surface area contributed by atoms with Gasteiger partial charge in [-0.1, -0.05) is 19.3 Å². The lowest BCUT2D eigenvalue weighted by molar-refractivity contribution is 0.129. The van der Waals surface area contributed by atoms with Gasteiger partial charge in [0.25, 0.3) is 0 Å². The van der Waals surface area contributed by atoms with E-state index in [1.54, 1.807) is 0 Å². The molecular formula is C17H33N3O. The van der Waals surface area contributed by atoms with Gasteiger partial charge >= 0.3 is 0 Å². The molecule has 2 saturated carbocycles. The molecule has 4 nitrogen and oxygen atoms in total. The van der Waals surface area contributed by atoms with E-state index in [2.05, 4.69) is 24.5 Å². The van der Waals surface area contributed by atoms with Crippen LogP contribution in [0.25, 0.3) is 0 Å². The number of hydrogen-bond donors (Lipinski definition) is 2. The van der Waals surface area contributed by atoms with Crippen molar-refractivity contribution in [2.45, 2.75) is 71.3 Å². The number of aliphatic imine (C=N–C) groups is 1. The van der Waals surface area contributed by atoms with E-state index in [9.17, 15) is 0 Å². The molecule has 0 spiro atoms. The monoisotopic (exact) mass is 295 g/mol. The van der Waals surface area contributed by atoms with Crippen molar-refractivity contribution >= 4 is 5.96 Å². The highest BCUT2D eigenvalue weighted by Gasteiger charge is 2.41. The first kappa shape index (κ1) is 16.6. The molecule has 0 unspecified atom stereocenters. The Kier molecular flexibility index (Phi) is 6.81. The second kappa shape index (κ2) is 8.62. The third-order valence-corrected chi connectivity index (χ3v) is 4.80. The summed E-state index contributed by atoms with van der Waals surface area (Å²) >= 11 is 0. The molecule has 0 bridgehead atoms. The summed E-state index contributed by atoms with van der Waals surface area (Å²) in [6, 6.07) is 0.620. The highest BCUT2D eigenvalue weighted by atomic mass is 16.5. The Morgan fingerprint density at radius 1 is 1.19 bits per heavy atom. The van der Waals surface area contributed by atoms with Crippen LogP contribution in [0.4, 0.5) is 0 Å². The lowest BCUT2D eigenvalue weighted by Crippen LogP contribution is -2.44. The second-order valence-electron chi connectivity index (χ2n) is 6.62. The van der Waals surface area contributed by atoms with Crippen molar-refractivity contribution in [2.75, 3.05) is 26.3 Å². The summed E-state index contributed by atoms with van der Waals surface area (Å²) in [5.74, 6) is 1.02. The SMILES string of the molecule is CCNC(=NCC1(CCOCC)CC1)NC1CCCCC1. The van der Waals surface area contributed by atoms with Gasteiger partial charge in [0.1, 0.15) is 0 Å². The number of rotatable bonds is 8. The zero-order valence-corrected chi connectivity index (χ0v) is 13.9. The van der Waals surface area contributed by atoms with Crippen LogP contribution in [0.1, 0.15) is 65.2 Å². The third-order valence-electron chi connectivity index (χ3n) is 4.80. The molecule has 2 aliphatic carbocycles. The smallest absolute Gasteiger partial charge is 0.191 e. The lowest BCUT2D eigenvalue weighted by Gasteiger charge is -2.25. The van der Waals surface area contributed by atoms with Crippen molar-refractivity contribution in [3.05, 3.63) is 0 Å². The van der Waals surface area contributed by atoms with Gasteiger partial charge in [-0.2, -0.15) is 0 Å². The number of nitrogens with one attached hydrogen (secondary N) is 2. The fourth-order valence-corrected chi connectivity index (χ4v) is 3.10. The molecule has 21 heavy (non-hydrogen) atoms. The second-order valence-corrected chi connectivity index (χ2v) is 6.62. The fraction of sp³-hybridized carbons (Fsp3) is 0.941. The van der Waals surface area contributed by atoms with Crippen LogP contribution in [-0.4, -0.2) is 38.3 Å². The third kappa shape index (κ3) is 5.85. The van der Waals surface area contributed by atoms with Crippen molar-refractivity contribution in [3.8, 4) is 0 Å². The normalized spacial score (nSPS) is 22.1. The molecule has 0 aliphatic heterocycles. The molecule has 2 fully saturated rings. The van der Waals surface area contributed by atoms with E-state index in [1.165, 1.54) is 44.9 Å². The van der Waals surface area contributed by atoms with Gasteiger partial charge in [-0.15, -0.1) is 0 Å². The van der Waals surface area contributed by atoms with Crippen LogP contribution in [0.15, 0.2) is 4.99 Å². The Labute approximate surface area is 130 Å². The molecule has 0 amide bonds. The zero-order chi connectivity index (χ0) is 15.0. The van der Waals surface area contributed by atoms with E-state index < -0.39 is 0 Å². The summed E-state index contributed by atoms with van der Waals surface area (Å²) in [6.45, 7) is 7.80. The van der Waals surface area contributed by atoms with Crippen LogP contribution in [0.2, 0.25) is 0 Å². The Hall–Kier alpha value is -0.770. The van der Waals surface area contributed by atoms with E-state index >= 15 is 0 Å². The minimum atomic E-state index is 0.435. The van der Waals surface area contributed by atoms with E-state index in [0.717, 1.165) is 38.7 Å². The molecule has 0 aromatic heterocycles. The average Bonchev–Trinajstić information content (AvgIpc) is 3.27. The fourth-order valence-electron chi connectivity index (χ4n) is 3.10. The largest absolute Gasteiger partial charge is 0.382 e. The van der Waals surface area contributed by atoms with E-state index in [0.29, 0.717) is 11.5 Å². The van der Waals surface area contributed by atoms with Crippen molar-refractivity contribution < 1.29 is 4.74 Å². The van der Waals surface area contributed by atoms with Crippen LogP contribution >= 0.6 is 0 Å². The molecular weight excluding hydrogens is 262 g/mol. The van der Waals surface area contributed by atoms with Crippen molar-refractivity contribution in [3.63, 3.8) is 0 Å². The summed E-state index contributed by atoms with van der Waals surface area (Å²) < 4.78 is 5.51. The van der Waals surface area contributed by atoms with E-state index in [4.69, 9.17) is 9.73 Å². The number of guanidine groups is 1. The molecule has 0 aromatic carbocycles. The van der Waals surface area contributed by atoms with Crippen LogP contribution in [0, 0.1) is 5.41 Å². The average molecular weight is 295 g/mol. The van der Waals surface area contributed by atoms with Crippen LogP contribution < -0.4 is 10.6 Å². The van der Waals surface area contributed by atoms with Gasteiger partial charge in [-0.05, 0) is 51.4 Å². The van der Waals surface area contributed by atoms with Crippen molar-refractivity contribution in [1.82, 2.24) is 10.6 Å². The van der Waals surface area contributed by atoms with Crippen molar-refractivity contribution in [1.29, 1.82) is 0 Å².